The molecular weight excluding hydrogens is 302 g/mol. The van der Waals surface area contributed by atoms with Crippen molar-refractivity contribution in [3.8, 4) is 17.3 Å². The molecule has 0 amide bonds. The molecule has 110 valence electrons. The third kappa shape index (κ3) is 2.42. The Morgan fingerprint density at radius 1 is 1.36 bits per heavy atom. The minimum atomic E-state index is -1.01. The van der Waals surface area contributed by atoms with Gasteiger partial charge in [-0.15, -0.1) is 0 Å². The van der Waals surface area contributed by atoms with E-state index in [4.69, 9.17) is 22.1 Å². The molecule has 0 atom stereocenters. The number of aromatic amines is 1. The number of fused-ring (bicyclic) bond motifs is 1. The molecule has 7 heteroatoms. The molecule has 2 heterocycles. The predicted octanol–water partition coefficient (Wildman–Crippen LogP) is 3.06. The topological polar surface area (TPSA) is 88.1 Å². The van der Waals surface area contributed by atoms with Crippen LogP contribution in [0, 0.1) is 4.64 Å². The first-order valence-corrected chi connectivity index (χ1v) is 6.77. The van der Waals surface area contributed by atoms with E-state index in [1.165, 1.54) is 12.1 Å². The first-order valence-electron chi connectivity index (χ1n) is 6.37. The summed E-state index contributed by atoms with van der Waals surface area (Å²) in [5.74, 6) is 0.0342. The Balaban J connectivity index is 2.24. The molecule has 0 aliphatic heterocycles. The zero-order chi connectivity index (χ0) is 15.7. The highest BCUT2D eigenvalue weighted by atomic mass is 32.1. The summed E-state index contributed by atoms with van der Waals surface area (Å²) in [7, 11) is 1.55. The molecule has 0 aliphatic carbocycles. The molecule has 2 aromatic heterocycles. The number of H-pyrrole nitrogens is 1. The van der Waals surface area contributed by atoms with Gasteiger partial charge in [0.15, 0.2) is 5.82 Å². The normalized spacial score (nSPS) is 10.6. The van der Waals surface area contributed by atoms with Crippen molar-refractivity contribution in [1.82, 2.24) is 15.0 Å². The Labute approximate surface area is 130 Å². The first kappa shape index (κ1) is 14.2. The molecule has 0 radical (unpaired) electrons. The van der Waals surface area contributed by atoms with Gasteiger partial charge in [-0.1, -0.05) is 12.2 Å². The van der Waals surface area contributed by atoms with Gasteiger partial charge in [-0.2, -0.15) is 0 Å². The fourth-order valence-electron chi connectivity index (χ4n) is 2.13. The number of hydrogen-bond acceptors (Lipinski definition) is 5. The molecule has 3 rings (SSSR count). The zero-order valence-electron chi connectivity index (χ0n) is 11.5. The van der Waals surface area contributed by atoms with Gasteiger partial charge in [-0.3, -0.25) is 0 Å². The van der Waals surface area contributed by atoms with Crippen LogP contribution in [0.25, 0.3) is 22.4 Å². The van der Waals surface area contributed by atoms with E-state index < -0.39 is 5.97 Å². The van der Waals surface area contributed by atoms with Crippen LogP contribution < -0.4 is 4.74 Å². The summed E-state index contributed by atoms with van der Waals surface area (Å²) in [6, 6.07) is 8.21. The maximum absolute atomic E-state index is 11.0. The van der Waals surface area contributed by atoms with Gasteiger partial charge in [0.1, 0.15) is 16.1 Å². The lowest BCUT2D eigenvalue weighted by Gasteiger charge is -2.08. The van der Waals surface area contributed by atoms with E-state index in [0.29, 0.717) is 32.8 Å². The first-order chi connectivity index (χ1) is 10.6. The SMILES string of the molecule is COc1cccnc1-c1nc(=S)c2cc(C(=O)O)ccc2[nH]1. The number of aromatic carboxylic acids is 1. The van der Waals surface area contributed by atoms with Crippen LogP contribution in [-0.2, 0) is 0 Å². The molecule has 6 nitrogen and oxygen atoms in total. The number of carboxylic acid groups (broad SMARTS) is 1. The van der Waals surface area contributed by atoms with Crippen LogP contribution in [0.5, 0.6) is 5.75 Å². The Hall–Kier alpha value is -2.80. The van der Waals surface area contributed by atoms with E-state index in [1.807, 2.05) is 0 Å². The number of ether oxygens (including phenoxy) is 1. The van der Waals surface area contributed by atoms with E-state index in [-0.39, 0.29) is 5.56 Å². The fourth-order valence-corrected chi connectivity index (χ4v) is 2.39. The minimum Gasteiger partial charge on any atom is -0.494 e. The molecule has 0 saturated carbocycles. The summed E-state index contributed by atoms with van der Waals surface area (Å²) < 4.78 is 5.57. The summed E-state index contributed by atoms with van der Waals surface area (Å²) in [5.41, 5.74) is 1.39. The number of nitrogens with zero attached hydrogens (tertiary/aromatic N) is 2. The van der Waals surface area contributed by atoms with Crippen LogP contribution in [0.4, 0.5) is 0 Å². The number of carboxylic acids is 1. The van der Waals surface area contributed by atoms with E-state index in [1.54, 1.807) is 31.5 Å². The lowest BCUT2D eigenvalue weighted by molar-refractivity contribution is 0.0697. The number of rotatable bonds is 3. The highest BCUT2D eigenvalue weighted by molar-refractivity contribution is 7.71. The summed E-state index contributed by atoms with van der Waals surface area (Å²) in [5, 5.41) is 9.62. The monoisotopic (exact) mass is 313 g/mol. The van der Waals surface area contributed by atoms with Gasteiger partial charge in [0.25, 0.3) is 0 Å². The number of nitrogens with one attached hydrogen (secondary N) is 1. The summed E-state index contributed by atoms with van der Waals surface area (Å²) >= 11 is 5.27. The summed E-state index contributed by atoms with van der Waals surface area (Å²) in [6.45, 7) is 0. The van der Waals surface area contributed by atoms with Crippen molar-refractivity contribution < 1.29 is 14.6 Å². The van der Waals surface area contributed by atoms with E-state index in [2.05, 4.69) is 15.0 Å². The molecule has 3 aromatic rings. The number of methoxy groups -OCH3 is 1. The second-order valence-electron chi connectivity index (χ2n) is 4.51. The van der Waals surface area contributed by atoms with Gasteiger partial charge < -0.3 is 14.8 Å². The highest BCUT2D eigenvalue weighted by Crippen LogP contribution is 2.26. The fraction of sp³-hybridized carbons (Fsp3) is 0.0667. The molecule has 0 fully saturated rings. The molecule has 1 aromatic carbocycles. The number of hydrogen-bond donors (Lipinski definition) is 2. The minimum absolute atomic E-state index is 0.164. The van der Waals surface area contributed by atoms with Gasteiger partial charge in [0, 0.05) is 11.6 Å². The third-order valence-electron chi connectivity index (χ3n) is 3.18. The maximum Gasteiger partial charge on any atom is 0.335 e. The van der Waals surface area contributed by atoms with Crippen LogP contribution in [0.2, 0.25) is 0 Å². The molecule has 2 N–H and O–H groups in total. The van der Waals surface area contributed by atoms with Crippen molar-refractivity contribution in [2.75, 3.05) is 7.11 Å². The van der Waals surface area contributed by atoms with Gasteiger partial charge in [0.2, 0.25) is 0 Å². The van der Waals surface area contributed by atoms with Crippen molar-refractivity contribution in [2.24, 2.45) is 0 Å². The molecule has 0 aliphatic rings. The molecule has 0 spiro atoms. The average molecular weight is 313 g/mol. The Morgan fingerprint density at radius 3 is 2.91 bits per heavy atom. The molecule has 0 unspecified atom stereocenters. The van der Waals surface area contributed by atoms with Crippen molar-refractivity contribution in [3.05, 3.63) is 46.7 Å². The molecule has 0 saturated heterocycles. The van der Waals surface area contributed by atoms with Gasteiger partial charge in [-0.25, -0.2) is 14.8 Å². The van der Waals surface area contributed by atoms with Gasteiger partial charge >= 0.3 is 5.97 Å². The largest absolute Gasteiger partial charge is 0.494 e. The Kier molecular flexibility index (Phi) is 3.56. The Bertz CT molecular complexity index is 937. The van der Waals surface area contributed by atoms with Crippen LogP contribution in [0.15, 0.2) is 36.5 Å². The van der Waals surface area contributed by atoms with Crippen molar-refractivity contribution in [1.29, 1.82) is 0 Å². The van der Waals surface area contributed by atoms with Gasteiger partial charge in [-0.05, 0) is 30.3 Å². The molecule has 0 bridgehead atoms. The van der Waals surface area contributed by atoms with E-state index in [9.17, 15) is 4.79 Å². The third-order valence-corrected chi connectivity index (χ3v) is 3.49. The van der Waals surface area contributed by atoms with Crippen molar-refractivity contribution in [2.45, 2.75) is 0 Å². The number of pyridine rings is 1. The maximum atomic E-state index is 11.0. The van der Waals surface area contributed by atoms with Crippen LogP contribution in [0.1, 0.15) is 10.4 Å². The highest BCUT2D eigenvalue weighted by Gasteiger charge is 2.12. The smallest absolute Gasteiger partial charge is 0.335 e. The van der Waals surface area contributed by atoms with Crippen LogP contribution in [-0.4, -0.2) is 33.1 Å². The Morgan fingerprint density at radius 2 is 2.18 bits per heavy atom. The number of benzene rings is 1. The zero-order valence-corrected chi connectivity index (χ0v) is 12.3. The van der Waals surface area contributed by atoms with E-state index in [0.717, 1.165) is 0 Å². The quantitative estimate of drug-likeness (QED) is 0.723. The van der Waals surface area contributed by atoms with Crippen molar-refractivity contribution in [3.63, 3.8) is 0 Å². The predicted molar refractivity (Wildman–Crippen MR) is 83.7 cm³/mol. The lowest BCUT2D eigenvalue weighted by Crippen LogP contribution is -1.99. The van der Waals surface area contributed by atoms with Crippen LogP contribution in [0.3, 0.4) is 0 Å². The lowest BCUT2D eigenvalue weighted by atomic mass is 10.1. The molecular formula is C15H11N3O3S. The number of carbonyl (C=O) groups is 1. The van der Waals surface area contributed by atoms with E-state index >= 15 is 0 Å². The average Bonchev–Trinajstić information content (AvgIpc) is 2.54. The van der Waals surface area contributed by atoms with Crippen molar-refractivity contribution >= 4 is 29.1 Å². The summed E-state index contributed by atoms with van der Waals surface area (Å²) in [6.07, 6.45) is 1.63. The summed E-state index contributed by atoms with van der Waals surface area (Å²) in [4.78, 5) is 22.7. The second-order valence-corrected chi connectivity index (χ2v) is 4.90. The number of aromatic nitrogens is 3. The second kappa shape index (κ2) is 5.53. The van der Waals surface area contributed by atoms with Crippen LogP contribution >= 0.6 is 12.2 Å². The standard InChI is InChI=1S/C15H11N3O3S/c1-21-11-3-2-6-16-12(11)13-17-10-5-4-8(15(19)20)7-9(10)14(22)18-13/h2-7H,1H3,(H,19,20)(H,17,18,22). The van der Waals surface area contributed by atoms with Gasteiger partial charge in [0.05, 0.1) is 18.2 Å². The molecule has 22 heavy (non-hydrogen) atoms.